The van der Waals surface area contributed by atoms with Crippen molar-refractivity contribution in [2.45, 2.75) is 245 Å². The molecule has 3 aromatic rings. The highest BCUT2D eigenvalue weighted by Gasteiger charge is 2.57. The minimum absolute atomic E-state index is 0.00839. The van der Waals surface area contributed by atoms with Gasteiger partial charge in [-0.1, -0.05) is 87.4 Å². The average molecular weight is 1300 g/mol. The van der Waals surface area contributed by atoms with E-state index in [9.17, 15) is 42.6 Å². The Morgan fingerprint density at radius 3 is 1.34 bits per heavy atom. The van der Waals surface area contributed by atoms with Gasteiger partial charge in [0.15, 0.2) is 59.8 Å². The molecule has 27 heteroatoms. The van der Waals surface area contributed by atoms with Crippen molar-refractivity contribution in [1.29, 1.82) is 0 Å². The van der Waals surface area contributed by atoms with E-state index in [4.69, 9.17) is 58.2 Å². The van der Waals surface area contributed by atoms with Gasteiger partial charge in [0.25, 0.3) is 5.91 Å². The van der Waals surface area contributed by atoms with Crippen LogP contribution in [0.5, 0.6) is 0 Å². The molecule has 6 N–H and O–H groups in total. The van der Waals surface area contributed by atoms with Gasteiger partial charge in [0.1, 0.15) is 29.4 Å². The van der Waals surface area contributed by atoms with Crippen molar-refractivity contribution in [3.05, 3.63) is 81.4 Å². The molecule has 0 spiro atoms. The normalized spacial score (nSPS) is 38.8. The highest BCUT2D eigenvalue weighted by Crippen LogP contribution is 2.47. The molecule has 91 heavy (non-hydrogen) atoms. The lowest BCUT2D eigenvalue weighted by Crippen LogP contribution is -2.42. The second-order valence-electron chi connectivity index (χ2n) is 24.7. The maximum absolute atomic E-state index is 15.1. The highest BCUT2D eigenvalue weighted by atomic mass is 19.2. The minimum atomic E-state index is -2.21. The molecule has 23 atom stereocenters. The number of halogens is 4. The summed E-state index contributed by atoms with van der Waals surface area (Å²) < 4.78 is 112. The molecule has 0 saturated carbocycles. The van der Waals surface area contributed by atoms with Crippen molar-refractivity contribution in [1.82, 2.24) is 19.1 Å². The summed E-state index contributed by atoms with van der Waals surface area (Å²) in [6.07, 6.45) is -0.870. The molecule has 0 bridgehead atoms. The number of hydrogen-bond acceptors (Lipinski definition) is 20. The molecule has 6 unspecified atom stereocenters. The number of alkyl halides is 4. The quantitative estimate of drug-likeness (QED) is 0.0947. The summed E-state index contributed by atoms with van der Waals surface area (Å²) in [6.45, 7) is 26.2. The number of carbonyl (C=O) groups is 2. The van der Waals surface area contributed by atoms with Crippen molar-refractivity contribution >= 4 is 23.3 Å². The summed E-state index contributed by atoms with van der Waals surface area (Å²) >= 11 is 0. The van der Waals surface area contributed by atoms with Gasteiger partial charge in [0, 0.05) is 76.0 Å². The number of methoxy groups -OCH3 is 4. The van der Waals surface area contributed by atoms with Gasteiger partial charge >= 0.3 is 11.4 Å². The van der Waals surface area contributed by atoms with Crippen LogP contribution in [0.15, 0.2) is 64.4 Å². The third kappa shape index (κ3) is 17.9. The Morgan fingerprint density at radius 1 is 0.571 bits per heavy atom. The molecule has 518 valence electrons. The summed E-state index contributed by atoms with van der Waals surface area (Å²) in [5, 5.41) is 31.2. The Morgan fingerprint density at radius 2 is 0.989 bits per heavy atom. The van der Waals surface area contributed by atoms with E-state index < -0.39 is 96.1 Å². The standard InChI is InChI=1S/C19H22FN3O3.C10H14FN3O4.2C9H17FO2.C9H18O3.C8H14O3/c1-4-14-12(2)19(3,20)17(26-14)23-11-10-15(22-18(23)25)21-16(24)13-8-6-5-7-9-13;1-10(11)7(16)5(4-15)18-8(10)14-3-2-6(12)13-9(14)17;3*1-5-7-6(2)9(3,10)8(11-4)12-7;1-4-6-5(2)7(9)8(10-3)11-6/h5-12,14,17H,4H2,1-3H3,(H,21,22,24,25);2-3,5,7-8,15-16H,4H2,1H3,(H2,12,13,17);2*6-8H,5H2,1-4H3;6-8,10H,5H2,1-4H3;5-6,8H,4H2,1-3H3/t12?,14-,17-,19-;5-,7?,8-,10-;2*6?,7-,8-,9-;6?,7-,8-,9+;5?,6-,8-/m111111/s1. The number of aliphatic hydroxyl groups excluding tert-OH is 2. The van der Waals surface area contributed by atoms with E-state index in [1.807, 2.05) is 55.4 Å². The summed E-state index contributed by atoms with van der Waals surface area (Å²) in [5.41, 5.74) is -3.14. The molecule has 2 aromatic heterocycles. The largest absolute Gasteiger partial charge is 0.394 e. The van der Waals surface area contributed by atoms with Crippen molar-refractivity contribution in [2.24, 2.45) is 29.6 Å². The lowest BCUT2D eigenvalue weighted by atomic mass is 9.88. The van der Waals surface area contributed by atoms with Crippen LogP contribution < -0.4 is 22.4 Å². The van der Waals surface area contributed by atoms with Gasteiger partial charge in [-0.05, 0) is 91.0 Å². The number of carbonyl (C=O) groups excluding carboxylic acids is 2. The number of ketones is 1. The molecule has 6 fully saturated rings. The number of rotatable bonds is 14. The van der Waals surface area contributed by atoms with Gasteiger partial charge in [-0.15, -0.1) is 0 Å². The van der Waals surface area contributed by atoms with E-state index >= 15 is 4.39 Å². The van der Waals surface area contributed by atoms with Gasteiger partial charge in [0.05, 0.1) is 37.1 Å². The number of nitrogens with two attached hydrogens (primary N) is 1. The first kappa shape index (κ1) is 78.6. The Balaban J connectivity index is 0.000000241. The van der Waals surface area contributed by atoms with Crippen LogP contribution in [-0.2, 0) is 52.2 Å². The lowest BCUT2D eigenvalue weighted by Gasteiger charge is -2.26. The van der Waals surface area contributed by atoms with Crippen LogP contribution in [0, 0.1) is 29.6 Å². The molecule has 8 heterocycles. The molecule has 6 aliphatic heterocycles. The number of hydrogen-bond donors (Lipinski definition) is 5. The zero-order chi connectivity index (χ0) is 68.9. The van der Waals surface area contributed by atoms with Gasteiger partial charge < -0.3 is 73.7 Å². The first-order chi connectivity index (χ1) is 42.5. The number of ether oxygens (including phenoxy) is 10. The smallest absolute Gasteiger partial charge is 0.351 e. The molecule has 1 aromatic carbocycles. The molecule has 9 rings (SSSR count). The van der Waals surface area contributed by atoms with Crippen molar-refractivity contribution in [3.63, 3.8) is 0 Å². The number of aliphatic hydroxyl groups is 3. The van der Waals surface area contributed by atoms with Crippen LogP contribution in [0.25, 0.3) is 0 Å². The van der Waals surface area contributed by atoms with Crippen LogP contribution in [-0.4, -0.2) is 177 Å². The van der Waals surface area contributed by atoms with Crippen LogP contribution in [0.2, 0.25) is 0 Å². The van der Waals surface area contributed by atoms with Crippen LogP contribution in [0.1, 0.15) is 159 Å². The van der Waals surface area contributed by atoms with E-state index in [0.29, 0.717) is 12.0 Å². The third-order valence-corrected chi connectivity index (χ3v) is 18.7. The number of Topliss-reactive ketones (excluding diaryl/α,β-unsaturated/α-hetero) is 1. The third-order valence-electron chi connectivity index (χ3n) is 18.7. The zero-order valence-electron chi connectivity index (χ0n) is 56.3. The summed E-state index contributed by atoms with van der Waals surface area (Å²) in [6, 6.07) is 11.4. The predicted molar refractivity (Wildman–Crippen MR) is 330 cm³/mol. The van der Waals surface area contributed by atoms with E-state index in [-0.39, 0.29) is 83.4 Å². The second kappa shape index (κ2) is 33.5. The number of nitrogens with zero attached hydrogens (tertiary/aromatic N) is 4. The number of aromatic nitrogens is 4. The SMILES string of the molecule is CC[C@H]1O[C@@H](OC)C(=O)C1C.CC[C@H]1O[C@@H](OC)[C@@](C)(O)C1C.CC[C@H]1O[C@@H](OC)[C@](C)(F)C1C.CC[C@H]1O[C@@H](OC)[C@](C)(F)C1C.CC[C@H]1O[C@@H](n2ccc(NC(=O)c3ccccc3)nc2=O)[C@](C)(F)C1C.C[C@@]1(F)C(O)[C@@H](CO)O[C@H]1n1ccc(N)nc1=O. The number of amides is 1. The van der Waals surface area contributed by atoms with Gasteiger partial charge in [0.2, 0.25) is 6.29 Å². The second-order valence-corrected chi connectivity index (χ2v) is 24.7. The highest BCUT2D eigenvalue weighted by molar-refractivity contribution is 6.03. The van der Waals surface area contributed by atoms with Crippen LogP contribution >= 0.6 is 0 Å². The van der Waals surface area contributed by atoms with E-state index in [1.165, 1.54) is 52.8 Å². The van der Waals surface area contributed by atoms with E-state index in [0.717, 1.165) is 41.7 Å². The number of nitrogen functional groups attached to an aromatic ring is 1. The fourth-order valence-electron chi connectivity index (χ4n) is 11.8. The number of benzene rings is 1. The van der Waals surface area contributed by atoms with Gasteiger partial charge in [-0.2, -0.15) is 9.97 Å². The Labute approximate surface area is 532 Å². The first-order valence-corrected chi connectivity index (χ1v) is 31.2. The Hall–Kier alpha value is -4.88. The van der Waals surface area contributed by atoms with Crippen molar-refractivity contribution < 1.29 is 89.8 Å². The van der Waals surface area contributed by atoms with Crippen LogP contribution in [0.4, 0.5) is 29.2 Å². The summed E-state index contributed by atoms with van der Waals surface area (Å²) in [5.74, 6) is -0.589. The van der Waals surface area contributed by atoms with Crippen LogP contribution in [0.3, 0.4) is 0 Å². The van der Waals surface area contributed by atoms with E-state index in [2.05, 4.69) is 22.2 Å². The average Bonchev–Trinajstić information content (AvgIpc) is 1.68. The molecular formula is C64H102F4N6O17. The topological polar surface area (TPSA) is 295 Å². The number of nitrogens with one attached hydrogen (secondary N) is 1. The molecule has 6 saturated heterocycles. The first-order valence-electron chi connectivity index (χ1n) is 31.2. The molecular weight excluding hydrogens is 1200 g/mol. The Kier molecular flexibility index (Phi) is 28.9. The molecule has 0 radical (unpaired) electrons. The predicted octanol–water partition coefficient (Wildman–Crippen LogP) is 8.36. The fourth-order valence-corrected chi connectivity index (χ4v) is 11.8. The molecule has 1 amide bonds. The molecule has 23 nitrogen and oxygen atoms in total. The maximum atomic E-state index is 15.1. The van der Waals surface area contributed by atoms with Gasteiger partial charge in [-0.25, -0.2) is 27.2 Å². The van der Waals surface area contributed by atoms with Crippen molar-refractivity contribution in [3.8, 4) is 0 Å². The van der Waals surface area contributed by atoms with Crippen molar-refractivity contribution in [2.75, 3.05) is 46.1 Å². The Bertz CT molecular complexity index is 2770. The fraction of sp³-hybridized carbons (Fsp3) is 0.750. The molecule has 0 aliphatic carbocycles. The summed E-state index contributed by atoms with van der Waals surface area (Å²) in [4.78, 5) is 54.7. The number of anilines is 2. The van der Waals surface area contributed by atoms with Gasteiger partial charge in [-0.3, -0.25) is 18.7 Å². The van der Waals surface area contributed by atoms with E-state index in [1.54, 1.807) is 65.1 Å². The zero-order valence-corrected chi connectivity index (χ0v) is 56.3. The summed E-state index contributed by atoms with van der Waals surface area (Å²) in [7, 11) is 6.01. The lowest BCUT2D eigenvalue weighted by molar-refractivity contribution is -0.182. The molecule has 6 aliphatic rings. The minimum Gasteiger partial charge on any atom is -0.394 e. The maximum Gasteiger partial charge on any atom is 0.351 e. The monoisotopic (exact) mass is 1300 g/mol.